The van der Waals surface area contributed by atoms with Gasteiger partial charge in [0.05, 0.1) is 13.1 Å². The molecule has 5 rings (SSSR count). The van der Waals surface area contributed by atoms with Crippen LogP contribution in [0.15, 0.2) is 101 Å². The van der Waals surface area contributed by atoms with Crippen LogP contribution in [0, 0.1) is 0 Å². The Morgan fingerprint density at radius 2 is 1.00 bits per heavy atom. The Morgan fingerprint density at radius 1 is 0.579 bits per heavy atom. The molecule has 2 aromatic heterocycles. The van der Waals surface area contributed by atoms with Gasteiger partial charge in [0, 0.05) is 0 Å². The minimum atomic E-state index is -0.791. The predicted molar refractivity (Wildman–Crippen MR) is 133 cm³/mol. The molecule has 0 saturated heterocycles. The fourth-order valence-corrected chi connectivity index (χ4v) is 3.69. The van der Waals surface area contributed by atoms with Gasteiger partial charge in [-0.2, -0.15) is 0 Å². The van der Waals surface area contributed by atoms with Crippen LogP contribution in [0.3, 0.4) is 0 Å². The summed E-state index contributed by atoms with van der Waals surface area (Å²) in [6, 6.07) is 22.1. The highest BCUT2D eigenvalue weighted by atomic mass is 16.5. The molecule has 0 atom stereocenters. The van der Waals surface area contributed by atoms with Crippen molar-refractivity contribution in [3.8, 4) is 11.5 Å². The van der Waals surface area contributed by atoms with Gasteiger partial charge in [0.1, 0.15) is 24.7 Å². The Hall–Kier alpha value is -5.26. The van der Waals surface area contributed by atoms with Gasteiger partial charge in [-0.25, -0.2) is 29.1 Å². The first-order valence-corrected chi connectivity index (χ1v) is 11.5. The van der Waals surface area contributed by atoms with Crippen molar-refractivity contribution < 1.29 is 18.5 Å². The predicted octanol–water partition coefficient (Wildman–Crippen LogP) is 1.83. The third kappa shape index (κ3) is 6.10. The molecule has 0 aliphatic rings. The number of H-pyrrole nitrogens is 2. The van der Waals surface area contributed by atoms with E-state index in [2.05, 4.69) is 0 Å². The quantitative estimate of drug-likeness (QED) is 0.284. The smallest absolute Gasteiger partial charge is 0.440 e. The van der Waals surface area contributed by atoms with Gasteiger partial charge in [-0.3, -0.25) is 0 Å². The highest BCUT2D eigenvalue weighted by Crippen LogP contribution is 2.17. The molecule has 5 aromatic rings. The molecule has 0 amide bonds. The maximum Gasteiger partial charge on any atom is 0.440 e. The van der Waals surface area contributed by atoms with E-state index in [1.807, 2.05) is 34.2 Å². The topological polar surface area (TPSA) is 154 Å². The fourth-order valence-electron chi connectivity index (χ4n) is 3.69. The van der Waals surface area contributed by atoms with Gasteiger partial charge >= 0.3 is 22.9 Å². The van der Waals surface area contributed by atoms with Crippen LogP contribution in [-0.4, -0.2) is 19.4 Å². The first-order chi connectivity index (χ1) is 18.4. The van der Waals surface area contributed by atoms with Gasteiger partial charge in [0.15, 0.2) is 0 Å². The summed E-state index contributed by atoms with van der Waals surface area (Å²) in [5, 5.41) is 0. The van der Waals surface area contributed by atoms with Crippen molar-refractivity contribution in [2.24, 2.45) is 0 Å². The summed E-state index contributed by atoms with van der Waals surface area (Å²) in [4.78, 5) is 49.4. The molecule has 0 unspecified atom stereocenters. The van der Waals surface area contributed by atoms with Crippen LogP contribution in [0.4, 0.5) is 0 Å². The molecule has 0 aliphatic heterocycles. The Kier molecular flexibility index (Phi) is 6.93. The van der Waals surface area contributed by atoms with Crippen molar-refractivity contribution in [1.29, 1.82) is 0 Å². The van der Waals surface area contributed by atoms with Crippen molar-refractivity contribution >= 4 is 0 Å². The second-order valence-corrected chi connectivity index (χ2v) is 8.38. The lowest BCUT2D eigenvalue weighted by molar-refractivity contribution is 0.257. The summed E-state index contributed by atoms with van der Waals surface area (Å²) in [6.45, 7) is 0.965. The van der Waals surface area contributed by atoms with E-state index >= 15 is 0 Å². The first kappa shape index (κ1) is 24.4. The molecule has 0 bridgehead atoms. The Labute approximate surface area is 213 Å². The molecule has 0 saturated carbocycles. The van der Waals surface area contributed by atoms with Crippen LogP contribution in [0.25, 0.3) is 0 Å². The molecule has 0 spiro atoms. The molecule has 0 fully saturated rings. The lowest BCUT2D eigenvalue weighted by Crippen LogP contribution is -2.17. The normalized spacial score (nSPS) is 10.9. The van der Waals surface area contributed by atoms with Crippen molar-refractivity contribution in [3.05, 3.63) is 137 Å². The zero-order chi connectivity index (χ0) is 26.5. The van der Waals surface area contributed by atoms with Crippen LogP contribution in [0.5, 0.6) is 11.5 Å². The molecule has 0 aliphatic carbocycles. The monoisotopic (exact) mass is 518 g/mol. The van der Waals surface area contributed by atoms with Gasteiger partial charge in [-0.05, 0) is 52.6 Å². The van der Waals surface area contributed by atoms with Crippen LogP contribution in [-0.2, 0) is 26.3 Å². The van der Waals surface area contributed by atoms with E-state index in [9.17, 15) is 19.2 Å². The third-order valence-electron chi connectivity index (χ3n) is 5.56. The molecular weight excluding hydrogens is 496 g/mol. The number of ether oxygens (including phenoxy) is 2. The summed E-state index contributed by atoms with van der Waals surface area (Å²) < 4.78 is 23.2. The maximum atomic E-state index is 11.6. The second kappa shape index (κ2) is 10.8. The zero-order valence-electron chi connectivity index (χ0n) is 19.9. The van der Waals surface area contributed by atoms with Gasteiger partial charge in [-0.15, -0.1) is 9.48 Å². The average molecular weight is 518 g/mol. The van der Waals surface area contributed by atoms with Crippen LogP contribution in [0.2, 0.25) is 0 Å². The van der Waals surface area contributed by atoms with Gasteiger partial charge < -0.3 is 18.5 Å². The average Bonchev–Trinajstić information content (AvgIpc) is 3.41. The van der Waals surface area contributed by atoms with E-state index in [1.165, 1.54) is 0 Å². The highest BCUT2D eigenvalue weighted by Gasteiger charge is 2.06. The minimum absolute atomic E-state index is 0.133. The molecule has 12 nitrogen and oxygen atoms in total. The summed E-state index contributed by atoms with van der Waals surface area (Å²) in [6.07, 6.45) is 0. The van der Waals surface area contributed by atoms with Gasteiger partial charge in [0.25, 0.3) is 0 Å². The largest absolute Gasteiger partial charge is 0.489 e. The number of benzene rings is 3. The molecule has 12 heteroatoms. The van der Waals surface area contributed by atoms with Crippen LogP contribution in [0.1, 0.15) is 22.3 Å². The highest BCUT2D eigenvalue weighted by molar-refractivity contribution is 5.30. The van der Waals surface area contributed by atoms with E-state index < -0.39 is 22.9 Å². The van der Waals surface area contributed by atoms with Crippen molar-refractivity contribution in [2.75, 3.05) is 0 Å². The standard InChI is InChI=1S/C26H22N4O8/c31-23-27-25(33)37-29(23)13-17-4-8-21(9-5-17)35-15-19-2-1-3-20(12-19)16-36-22-10-6-18(7-11-22)14-30-24(32)28-26(34)38-30/h1-12H,13-16H2,(H,27,31,33)(H,28,32,34). The molecule has 0 radical (unpaired) electrons. The Bertz CT molecular complexity index is 1620. The molecular formula is C26H22N4O8. The number of aromatic amines is 2. The summed E-state index contributed by atoms with van der Waals surface area (Å²) >= 11 is 0. The second-order valence-electron chi connectivity index (χ2n) is 8.38. The summed E-state index contributed by atoms with van der Waals surface area (Å²) in [5.74, 6) is -0.278. The molecule has 3 aromatic carbocycles. The third-order valence-corrected chi connectivity index (χ3v) is 5.56. The SMILES string of the molecule is O=c1[nH]c(=O)n(Cc2ccc(OCc3cccc(COc4ccc(Cn5oc(=O)[nH]c5=O)cc4)c3)cc2)o1. The van der Waals surface area contributed by atoms with Crippen molar-refractivity contribution in [3.63, 3.8) is 0 Å². The summed E-state index contributed by atoms with van der Waals surface area (Å²) in [7, 11) is 0. The molecule has 2 N–H and O–H groups in total. The van der Waals surface area contributed by atoms with E-state index in [0.29, 0.717) is 24.7 Å². The molecule has 194 valence electrons. The van der Waals surface area contributed by atoms with Crippen molar-refractivity contribution in [2.45, 2.75) is 26.3 Å². The van der Waals surface area contributed by atoms with E-state index in [0.717, 1.165) is 31.7 Å². The number of rotatable bonds is 10. The van der Waals surface area contributed by atoms with Gasteiger partial charge in [0.2, 0.25) is 0 Å². The van der Waals surface area contributed by atoms with E-state index in [4.69, 9.17) is 18.5 Å². The van der Waals surface area contributed by atoms with E-state index in [1.54, 1.807) is 48.5 Å². The number of hydrogen-bond donors (Lipinski definition) is 2. The lowest BCUT2D eigenvalue weighted by Gasteiger charge is -2.10. The van der Waals surface area contributed by atoms with Gasteiger partial charge in [-0.1, -0.05) is 42.5 Å². The van der Waals surface area contributed by atoms with Crippen LogP contribution >= 0.6 is 0 Å². The molecule has 2 heterocycles. The minimum Gasteiger partial charge on any atom is -0.489 e. The zero-order valence-corrected chi connectivity index (χ0v) is 19.9. The lowest BCUT2D eigenvalue weighted by atomic mass is 10.1. The maximum absolute atomic E-state index is 11.6. The molecule has 38 heavy (non-hydrogen) atoms. The number of nitrogens with zero attached hydrogens (tertiary/aromatic N) is 2. The number of nitrogens with one attached hydrogen (secondary N) is 2. The van der Waals surface area contributed by atoms with E-state index in [-0.39, 0.29) is 13.1 Å². The summed E-state index contributed by atoms with van der Waals surface area (Å²) in [5.41, 5.74) is 2.28. The Balaban J connectivity index is 1.12. The Morgan fingerprint density at radius 3 is 1.37 bits per heavy atom. The number of aromatic nitrogens is 4. The van der Waals surface area contributed by atoms with Crippen molar-refractivity contribution in [1.82, 2.24) is 19.4 Å². The number of hydrogen-bond acceptors (Lipinski definition) is 8. The van der Waals surface area contributed by atoms with Crippen LogP contribution < -0.4 is 32.4 Å². The fraction of sp³-hybridized carbons (Fsp3) is 0.154. The first-order valence-electron chi connectivity index (χ1n) is 11.5.